The van der Waals surface area contributed by atoms with Gasteiger partial charge < -0.3 is 4.52 Å². The van der Waals surface area contributed by atoms with Crippen LogP contribution in [0.5, 0.6) is 0 Å². The van der Waals surface area contributed by atoms with E-state index < -0.39 is 0 Å². The van der Waals surface area contributed by atoms with E-state index in [1.165, 1.54) is 5.57 Å². The lowest BCUT2D eigenvalue weighted by atomic mass is 10.0. The van der Waals surface area contributed by atoms with Gasteiger partial charge in [0.1, 0.15) is 5.76 Å². The second-order valence-electron chi connectivity index (χ2n) is 2.70. The van der Waals surface area contributed by atoms with Crippen molar-refractivity contribution in [2.75, 3.05) is 0 Å². The molecule has 0 saturated heterocycles. The molecule has 0 aromatic carbocycles. The number of nitrogens with zero attached hydrogens (tertiary/aromatic N) is 1. The summed E-state index contributed by atoms with van der Waals surface area (Å²) < 4.78 is 5.01. The van der Waals surface area contributed by atoms with Gasteiger partial charge in [-0.1, -0.05) is 16.8 Å². The first-order valence-electron chi connectivity index (χ1n) is 3.47. The molecule has 2 rings (SSSR count). The van der Waals surface area contributed by atoms with E-state index in [0.29, 0.717) is 0 Å². The summed E-state index contributed by atoms with van der Waals surface area (Å²) in [5.41, 5.74) is 2.57. The topological polar surface area (TPSA) is 26.0 Å². The van der Waals surface area contributed by atoms with Gasteiger partial charge in [0.2, 0.25) is 0 Å². The number of aromatic nitrogens is 1. The second kappa shape index (κ2) is 1.97. The zero-order valence-electron chi connectivity index (χ0n) is 5.92. The van der Waals surface area contributed by atoms with Gasteiger partial charge in [0.15, 0.2) is 0 Å². The summed E-state index contributed by atoms with van der Waals surface area (Å²) in [7, 11) is 0. The third-order valence-electron chi connectivity index (χ3n) is 1.82. The van der Waals surface area contributed by atoms with Crippen molar-refractivity contribution in [3.63, 3.8) is 0 Å². The number of fused-ring (bicyclic) bond motifs is 1. The molecule has 0 bridgehead atoms. The Morgan fingerprint density at radius 1 is 1.50 bits per heavy atom. The summed E-state index contributed by atoms with van der Waals surface area (Å²) >= 11 is 0. The smallest absolute Gasteiger partial charge is 0.144 e. The molecular weight excluding hydrogens is 126 g/mol. The van der Waals surface area contributed by atoms with Crippen LogP contribution >= 0.6 is 0 Å². The molecule has 1 aromatic heterocycles. The van der Waals surface area contributed by atoms with Crippen LogP contribution in [-0.4, -0.2) is 5.16 Å². The molecule has 2 heteroatoms. The van der Waals surface area contributed by atoms with Crippen molar-refractivity contribution in [1.82, 2.24) is 5.16 Å². The number of aryl methyl sites for hydroxylation is 1. The average Bonchev–Trinajstić information content (AvgIpc) is 2.33. The van der Waals surface area contributed by atoms with Crippen molar-refractivity contribution in [3.05, 3.63) is 23.1 Å². The van der Waals surface area contributed by atoms with E-state index >= 15 is 0 Å². The van der Waals surface area contributed by atoms with E-state index in [2.05, 4.69) is 18.2 Å². The normalized spacial score (nSPS) is 16.3. The minimum Gasteiger partial charge on any atom is -0.361 e. The molecule has 0 saturated carbocycles. The van der Waals surface area contributed by atoms with Crippen LogP contribution in [0.3, 0.4) is 0 Å². The van der Waals surface area contributed by atoms with Gasteiger partial charge in [0, 0.05) is 12.0 Å². The average molecular weight is 135 g/mol. The lowest BCUT2D eigenvalue weighted by Gasteiger charge is -2.05. The standard InChI is InChI=1S/C8H9NO/c1-6-2-3-8-7(4-6)5-9-10-8/h4-5H,2-3H2,1H3. The van der Waals surface area contributed by atoms with E-state index in [4.69, 9.17) is 4.52 Å². The number of rotatable bonds is 0. The van der Waals surface area contributed by atoms with Gasteiger partial charge in [0.25, 0.3) is 0 Å². The van der Waals surface area contributed by atoms with Crippen LogP contribution in [0.1, 0.15) is 24.7 Å². The summed E-state index contributed by atoms with van der Waals surface area (Å²) in [5.74, 6) is 1.03. The highest BCUT2D eigenvalue weighted by Crippen LogP contribution is 2.22. The number of hydrogen-bond acceptors (Lipinski definition) is 2. The molecular formula is C8H9NO. The van der Waals surface area contributed by atoms with Crippen LogP contribution in [0.15, 0.2) is 16.3 Å². The molecule has 1 heterocycles. The van der Waals surface area contributed by atoms with Crippen molar-refractivity contribution in [1.29, 1.82) is 0 Å². The summed E-state index contributed by atoms with van der Waals surface area (Å²) in [4.78, 5) is 0. The lowest BCUT2D eigenvalue weighted by molar-refractivity contribution is 0.382. The summed E-state index contributed by atoms with van der Waals surface area (Å²) in [6.07, 6.45) is 6.03. The number of hydrogen-bond donors (Lipinski definition) is 0. The van der Waals surface area contributed by atoms with Gasteiger partial charge in [-0.15, -0.1) is 0 Å². The Hall–Kier alpha value is -1.05. The van der Waals surface area contributed by atoms with E-state index in [1.807, 2.05) is 0 Å². The van der Waals surface area contributed by atoms with Gasteiger partial charge in [-0.25, -0.2) is 0 Å². The monoisotopic (exact) mass is 135 g/mol. The first-order valence-corrected chi connectivity index (χ1v) is 3.47. The molecule has 1 aliphatic rings. The summed E-state index contributed by atoms with van der Waals surface area (Å²) in [6.45, 7) is 2.13. The SMILES string of the molecule is CC1=Cc2cnoc2CC1. The molecule has 52 valence electrons. The molecule has 0 amide bonds. The van der Waals surface area contributed by atoms with E-state index in [0.717, 1.165) is 24.2 Å². The van der Waals surface area contributed by atoms with Crippen LogP contribution in [0, 0.1) is 0 Å². The van der Waals surface area contributed by atoms with E-state index in [1.54, 1.807) is 6.20 Å². The summed E-state index contributed by atoms with van der Waals surface area (Å²) in [6, 6.07) is 0. The minimum atomic E-state index is 1.01. The molecule has 1 aromatic rings. The molecule has 0 N–H and O–H groups in total. The fourth-order valence-corrected chi connectivity index (χ4v) is 1.23. The van der Waals surface area contributed by atoms with Crippen molar-refractivity contribution in [3.8, 4) is 0 Å². The predicted octanol–water partition coefficient (Wildman–Crippen LogP) is 2.02. The molecule has 0 atom stereocenters. The maximum Gasteiger partial charge on any atom is 0.144 e. The van der Waals surface area contributed by atoms with Crippen LogP contribution in [0.25, 0.3) is 6.08 Å². The zero-order chi connectivity index (χ0) is 6.97. The highest BCUT2D eigenvalue weighted by atomic mass is 16.5. The quantitative estimate of drug-likeness (QED) is 0.544. The third-order valence-corrected chi connectivity index (χ3v) is 1.82. The van der Waals surface area contributed by atoms with Gasteiger partial charge in [-0.05, 0) is 13.3 Å². The first kappa shape index (κ1) is 5.71. The fourth-order valence-electron chi connectivity index (χ4n) is 1.23. The van der Waals surface area contributed by atoms with Gasteiger partial charge in [0.05, 0.1) is 6.20 Å². The molecule has 10 heavy (non-hydrogen) atoms. The Labute approximate surface area is 59.5 Å². The molecule has 0 unspecified atom stereocenters. The summed E-state index contributed by atoms with van der Waals surface area (Å²) in [5, 5.41) is 3.72. The van der Waals surface area contributed by atoms with Crippen molar-refractivity contribution in [2.45, 2.75) is 19.8 Å². The molecule has 2 nitrogen and oxygen atoms in total. The van der Waals surface area contributed by atoms with E-state index in [9.17, 15) is 0 Å². The third kappa shape index (κ3) is 0.764. The fraction of sp³-hybridized carbons (Fsp3) is 0.375. The lowest BCUT2D eigenvalue weighted by Crippen LogP contribution is -1.92. The van der Waals surface area contributed by atoms with Gasteiger partial charge >= 0.3 is 0 Å². The second-order valence-corrected chi connectivity index (χ2v) is 2.70. The predicted molar refractivity (Wildman–Crippen MR) is 38.5 cm³/mol. The van der Waals surface area contributed by atoms with Crippen molar-refractivity contribution < 1.29 is 4.52 Å². The highest BCUT2D eigenvalue weighted by molar-refractivity contribution is 5.55. The minimum absolute atomic E-state index is 1.01. The Kier molecular flexibility index (Phi) is 1.13. The van der Waals surface area contributed by atoms with Crippen molar-refractivity contribution in [2.24, 2.45) is 0 Å². The van der Waals surface area contributed by atoms with Crippen LogP contribution < -0.4 is 0 Å². The Morgan fingerprint density at radius 3 is 3.30 bits per heavy atom. The van der Waals surface area contributed by atoms with Crippen LogP contribution in [-0.2, 0) is 6.42 Å². The van der Waals surface area contributed by atoms with Crippen LogP contribution in [0.4, 0.5) is 0 Å². The van der Waals surface area contributed by atoms with Crippen LogP contribution in [0.2, 0.25) is 0 Å². The number of allylic oxidation sites excluding steroid dienone is 1. The molecule has 0 fully saturated rings. The van der Waals surface area contributed by atoms with Gasteiger partial charge in [-0.2, -0.15) is 0 Å². The molecule has 0 radical (unpaired) electrons. The molecule has 1 aliphatic carbocycles. The van der Waals surface area contributed by atoms with Gasteiger partial charge in [-0.3, -0.25) is 0 Å². The van der Waals surface area contributed by atoms with E-state index in [-0.39, 0.29) is 0 Å². The molecule has 0 spiro atoms. The molecule has 0 aliphatic heterocycles. The maximum absolute atomic E-state index is 5.01. The Balaban J connectivity index is 2.50. The maximum atomic E-state index is 5.01. The highest BCUT2D eigenvalue weighted by Gasteiger charge is 2.10. The zero-order valence-corrected chi connectivity index (χ0v) is 5.92. The first-order chi connectivity index (χ1) is 4.86. The van der Waals surface area contributed by atoms with Crippen molar-refractivity contribution >= 4 is 6.08 Å². The largest absolute Gasteiger partial charge is 0.361 e. The Bertz CT molecular complexity index is 273. The Morgan fingerprint density at radius 2 is 2.40 bits per heavy atom.